The van der Waals surface area contributed by atoms with Gasteiger partial charge in [-0.25, -0.2) is 14.4 Å². The predicted octanol–water partition coefficient (Wildman–Crippen LogP) is 4.99. The van der Waals surface area contributed by atoms with Gasteiger partial charge in [-0.3, -0.25) is 0 Å². The molecule has 0 unspecified atom stereocenters. The Morgan fingerprint density at radius 2 is 1.89 bits per heavy atom. The highest BCUT2D eigenvalue weighted by Gasteiger charge is 2.36. The monoisotopic (exact) mass is 396 g/mol. The molecular weight excluding hydrogens is 371 g/mol. The summed E-state index contributed by atoms with van der Waals surface area (Å²) in [5, 5.41) is 3.20. The van der Waals surface area contributed by atoms with Gasteiger partial charge in [0.2, 0.25) is 0 Å². The van der Waals surface area contributed by atoms with Crippen LogP contribution in [-0.4, -0.2) is 28.6 Å². The average molecular weight is 397 g/mol. The highest BCUT2D eigenvalue weighted by molar-refractivity contribution is 7.17. The van der Waals surface area contributed by atoms with Crippen molar-refractivity contribution in [3.63, 3.8) is 0 Å². The SMILES string of the molecule is NC1(CC2CCN(c3ncnc4scc(-c5ccc(F)cc5)c34)CC2)CCC1. The molecule has 0 spiro atoms. The highest BCUT2D eigenvalue weighted by atomic mass is 32.1. The molecule has 2 fully saturated rings. The van der Waals surface area contributed by atoms with Gasteiger partial charge in [0.1, 0.15) is 22.8 Å². The fourth-order valence-electron chi connectivity index (χ4n) is 4.70. The zero-order valence-corrected chi connectivity index (χ0v) is 16.7. The first-order valence-corrected chi connectivity index (χ1v) is 11.0. The smallest absolute Gasteiger partial charge is 0.141 e. The van der Waals surface area contributed by atoms with Crippen molar-refractivity contribution < 1.29 is 4.39 Å². The fraction of sp³-hybridized carbons (Fsp3) is 0.455. The lowest BCUT2D eigenvalue weighted by molar-refractivity contribution is 0.181. The number of anilines is 1. The average Bonchev–Trinajstić information content (AvgIpc) is 3.12. The summed E-state index contributed by atoms with van der Waals surface area (Å²) in [6, 6.07) is 6.69. The molecule has 4 nitrogen and oxygen atoms in total. The molecule has 3 aromatic rings. The minimum atomic E-state index is -0.217. The maximum atomic E-state index is 13.4. The lowest BCUT2D eigenvalue weighted by Gasteiger charge is -2.43. The molecule has 2 aromatic heterocycles. The maximum absolute atomic E-state index is 13.4. The number of thiophene rings is 1. The second-order valence-electron chi connectivity index (χ2n) is 8.38. The Hall–Kier alpha value is -2.05. The number of hydrogen-bond donors (Lipinski definition) is 1. The number of nitrogens with two attached hydrogens (primary N) is 1. The molecule has 0 radical (unpaired) electrons. The van der Waals surface area contributed by atoms with E-state index in [1.54, 1.807) is 17.7 Å². The topological polar surface area (TPSA) is 55.0 Å². The summed E-state index contributed by atoms with van der Waals surface area (Å²) in [5.41, 5.74) is 8.68. The lowest BCUT2D eigenvalue weighted by atomic mass is 9.70. The zero-order valence-electron chi connectivity index (χ0n) is 15.9. The van der Waals surface area contributed by atoms with Crippen LogP contribution >= 0.6 is 11.3 Å². The quantitative estimate of drug-likeness (QED) is 0.675. The summed E-state index contributed by atoms with van der Waals surface area (Å²) in [6.45, 7) is 2.01. The van der Waals surface area contributed by atoms with E-state index in [-0.39, 0.29) is 11.4 Å². The molecule has 6 heteroatoms. The third-order valence-electron chi connectivity index (χ3n) is 6.46. The van der Waals surface area contributed by atoms with Crippen molar-refractivity contribution in [2.75, 3.05) is 18.0 Å². The zero-order chi connectivity index (χ0) is 19.1. The number of aromatic nitrogens is 2. The summed E-state index contributed by atoms with van der Waals surface area (Å²) in [7, 11) is 0. The number of halogens is 1. The van der Waals surface area contributed by atoms with Crippen molar-refractivity contribution in [2.45, 2.75) is 44.1 Å². The van der Waals surface area contributed by atoms with Gasteiger partial charge in [0.25, 0.3) is 0 Å². The van der Waals surface area contributed by atoms with Gasteiger partial charge in [0, 0.05) is 29.6 Å². The van der Waals surface area contributed by atoms with E-state index in [1.807, 2.05) is 12.1 Å². The van der Waals surface area contributed by atoms with E-state index in [1.165, 1.54) is 50.7 Å². The molecule has 2 N–H and O–H groups in total. The van der Waals surface area contributed by atoms with Gasteiger partial charge >= 0.3 is 0 Å². The molecule has 1 saturated carbocycles. The van der Waals surface area contributed by atoms with Crippen LogP contribution in [0.5, 0.6) is 0 Å². The highest BCUT2D eigenvalue weighted by Crippen LogP contribution is 2.41. The van der Waals surface area contributed by atoms with Crippen LogP contribution in [0.3, 0.4) is 0 Å². The first kappa shape index (κ1) is 18.0. The fourth-order valence-corrected chi connectivity index (χ4v) is 5.61. The molecular formula is C22H25FN4S. The van der Waals surface area contributed by atoms with Crippen LogP contribution in [0, 0.1) is 11.7 Å². The Morgan fingerprint density at radius 3 is 2.57 bits per heavy atom. The third kappa shape index (κ3) is 3.29. The largest absolute Gasteiger partial charge is 0.356 e. The van der Waals surface area contributed by atoms with Crippen LogP contribution in [0.4, 0.5) is 10.2 Å². The van der Waals surface area contributed by atoms with Gasteiger partial charge in [-0.05, 0) is 62.1 Å². The lowest BCUT2D eigenvalue weighted by Crippen LogP contribution is -2.49. The molecule has 1 aliphatic carbocycles. The van der Waals surface area contributed by atoms with Crippen molar-refractivity contribution in [1.82, 2.24) is 9.97 Å². The Balaban J connectivity index is 1.40. The Labute approximate surface area is 168 Å². The van der Waals surface area contributed by atoms with Gasteiger partial charge in [0.05, 0.1) is 5.39 Å². The van der Waals surface area contributed by atoms with Crippen molar-refractivity contribution >= 4 is 27.4 Å². The molecule has 3 heterocycles. The summed E-state index contributed by atoms with van der Waals surface area (Å²) < 4.78 is 13.4. The predicted molar refractivity (Wildman–Crippen MR) is 113 cm³/mol. The van der Waals surface area contributed by atoms with E-state index in [0.717, 1.165) is 46.2 Å². The second-order valence-corrected chi connectivity index (χ2v) is 9.24. The first-order valence-electron chi connectivity index (χ1n) is 10.1. The van der Waals surface area contributed by atoms with Crippen LogP contribution in [0.1, 0.15) is 38.5 Å². The summed E-state index contributed by atoms with van der Waals surface area (Å²) in [6.07, 6.45) is 8.84. The minimum absolute atomic E-state index is 0.109. The Morgan fingerprint density at radius 1 is 1.14 bits per heavy atom. The molecule has 0 amide bonds. The van der Waals surface area contributed by atoms with Crippen molar-refractivity contribution in [1.29, 1.82) is 0 Å². The van der Waals surface area contributed by atoms with Gasteiger partial charge in [-0.1, -0.05) is 12.1 Å². The van der Waals surface area contributed by atoms with Crippen molar-refractivity contribution in [3.8, 4) is 11.1 Å². The third-order valence-corrected chi connectivity index (χ3v) is 7.35. The number of nitrogens with zero attached hydrogens (tertiary/aromatic N) is 3. The van der Waals surface area contributed by atoms with E-state index in [9.17, 15) is 4.39 Å². The summed E-state index contributed by atoms with van der Waals surface area (Å²) in [4.78, 5) is 12.5. The first-order chi connectivity index (χ1) is 13.6. The van der Waals surface area contributed by atoms with Crippen LogP contribution < -0.4 is 10.6 Å². The summed E-state index contributed by atoms with van der Waals surface area (Å²) in [5.74, 6) is 1.51. The van der Waals surface area contributed by atoms with Gasteiger partial charge in [-0.2, -0.15) is 0 Å². The van der Waals surface area contributed by atoms with Crippen molar-refractivity contribution in [3.05, 3.63) is 41.8 Å². The number of piperidine rings is 1. The molecule has 2 aliphatic rings. The van der Waals surface area contributed by atoms with Crippen LogP contribution in [-0.2, 0) is 0 Å². The van der Waals surface area contributed by atoms with E-state index in [0.29, 0.717) is 0 Å². The summed E-state index contributed by atoms with van der Waals surface area (Å²) >= 11 is 1.62. The van der Waals surface area contributed by atoms with E-state index < -0.39 is 0 Å². The van der Waals surface area contributed by atoms with Gasteiger partial charge in [0.15, 0.2) is 0 Å². The molecule has 1 aliphatic heterocycles. The number of hydrogen-bond acceptors (Lipinski definition) is 5. The van der Waals surface area contributed by atoms with Crippen LogP contribution in [0.2, 0.25) is 0 Å². The Bertz CT molecular complexity index is 972. The molecule has 1 aromatic carbocycles. The molecule has 146 valence electrons. The Kier molecular flexibility index (Phi) is 4.56. The molecule has 1 saturated heterocycles. The normalized spacial score (nSPS) is 19.7. The number of benzene rings is 1. The second kappa shape index (κ2) is 7.08. The van der Waals surface area contributed by atoms with Crippen LogP contribution in [0.15, 0.2) is 36.0 Å². The molecule has 5 rings (SSSR count). The molecule has 0 atom stereocenters. The standard InChI is InChI=1S/C22H25FN4S/c23-17-4-2-16(3-5-17)18-13-28-21-19(18)20(25-14-26-21)27-10-6-15(7-11-27)12-22(24)8-1-9-22/h2-5,13-15H,1,6-12,24H2. The van der Waals surface area contributed by atoms with Gasteiger partial charge < -0.3 is 10.6 Å². The van der Waals surface area contributed by atoms with E-state index >= 15 is 0 Å². The van der Waals surface area contributed by atoms with Crippen LogP contribution in [0.25, 0.3) is 21.3 Å². The van der Waals surface area contributed by atoms with E-state index in [4.69, 9.17) is 5.73 Å². The number of rotatable bonds is 4. The molecule has 0 bridgehead atoms. The van der Waals surface area contributed by atoms with E-state index in [2.05, 4.69) is 20.2 Å². The van der Waals surface area contributed by atoms with Gasteiger partial charge in [-0.15, -0.1) is 11.3 Å². The van der Waals surface area contributed by atoms with Crippen molar-refractivity contribution in [2.24, 2.45) is 11.7 Å². The number of fused-ring (bicyclic) bond motifs is 1. The maximum Gasteiger partial charge on any atom is 0.141 e. The molecule has 28 heavy (non-hydrogen) atoms. The minimum Gasteiger partial charge on any atom is -0.356 e.